The topological polar surface area (TPSA) is 94.3 Å². The molecule has 1 N–H and O–H groups in total. The highest BCUT2D eigenvalue weighted by Gasteiger charge is 2.24. The van der Waals surface area contributed by atoms with Gasteiger partial charge in [0.1, 0.15) is 11.1 Å². The average Bonchev–Trinajstić information content (AvgIpc) is 2.96. The Balaban J connectivity index is 2.74. The minimum Gasteiger partial charge on any atom is -0.462 e. The minimum absolute atomic E-state index is 0.304. The summed E-state index contributed by atoms with van der Waals surface area (Å²) in [6.45, 7) is 10.4. The number of hydrazone groups is 1. The van der Waals surface area contributed by atoms with Crippen LogP contribution in [0.4, 0.5) is 5.82 Å². The molecule has 2 rings (SSSR count). The van der Waals surface area contributed by atoms with Gasteiger partial charge in [-0.1, -0.05) is 18.6 Å². The molecule has 2 heterocycles. The number of pyridine rings is 1. The highest BCUT2D eigenvalue weighted by atomic mass is 16.5. The summed E-state index contributed by atoms with van der Waals surface area (Å²) >= 11 is 0. The van der Waals surface area contributed by atoms with Crippen LogP contribution in [0.1, 0.15) is 57.1 Å². The van der Waals surface area contributed by atoms with Crippen LogP contribution in [0.3, 0.4) is 0 Å². The van der Waals surface area contributed by atoms with E-state index in [0.717, 1.165) is 12.1 Å². The molecule has 0 radical (unpaired) electrons. The van der Waals surface area contributed by atoms with E-state index in [1.54, 1.807) is 11.6 Å². The highest BCUT2D eigenvalue weighted by Crippen LogP contribution is 2.27. The maximum absolute atomic E-state index is 12.5. The molecule has 24 heavy (non-hydrogen) atoms. The summed E-state index contributed by atoms with van der Waals surface area (Å²) in [5, 5.41) is 12.5. The number of carbonyl (C=O) groups excluding carboxylic acids is 1. The second-order valence-electron chi connectivity index (χ2n) is 5.53. The van der Waals surface area contributed by atoms with Crippen LogP contribution in [0.25, 0.3) is 11.0 Å². The molecule has 0 bridgehead atoms. The second-order valence-corrected chi connectivity index (χ2v) is 5.53. The molecule has 0 amide bonds. The number of nitrogens with one attached hydrogen (secondary N) is 1. The molecule has 0 fully saturated rings. The number of ether oxygens (including phenoxy) is 1. The van der Waals surface area contributed by atoms with Gasteiger partial charge in [0.2, 0.25) is 0 Å². The molecule has 130 valence electrons. The lowest BCUT2D eigenvalue weighted by atomic mass is 10.1. The number of hydrogen-bond acceptors (Lipinski definition) is 7. The Hall–Kier alpha value is -2.51. The average molecular weight is 332 g/mol. The van der Waals surface area contributed by atoms with Gasteiger partial charge >= 0.3 is 5.97 Å². The number of esters is 1. The first kappa shape index (κ1) is 17.8. The smallest absolute Gasteiger partial charge is 0.342 e. The van der Waals surface area contributed by atoms with E-state index in [4.69, 9.17) is 4.74 Å². The fourth-order valence-corrected chi connectivity index (χ4v) is 2.40. The van der Waals surface area contributed by atoms with E-state index in [-0.39, 0.29) is 0 Å². The monoisotopic (exact) mass is 332 g/mol. The van der Waals surface area contributed by atoms with Crippen LogP contribution in [0.15, 0.2) is 5.10 Å². The molecule has 0 atom stereocenters. The van der Waals surface area contributed by atoms with Crippen molar-refractivity contribution in [2.45, 2.75) is 54.0 Å². The quantitative estimate of drug-likeness (QED) is 0.476. The maximum Gasteiger partial charge on any atom is 0.342 e. The molecule has 0 aliphatic rings. The van der Waals surface area contributed by atoms with Crippen LogP contribution in [0.2, 0.25) is 0 Å². The number of carbonyl (C=O) groups is 1. The molecule has 8 nitrogen and oxygen atoms in total. The van der Waals surface area contributed by atoms with E-state index < -0.39 is 5.97 Å². The van der Waals surface area contributed by atoms with Crippen molar-refractivity contribution in [3.8, 4) is 0 Å². The van der Waals surface area contributed by atoms with Crippen molar-refractivity contribution in [2.75, 3.05) is 12.0 Å². The fourth-order valence-electron chi connectivity index (χ4n) is 2.40. The molecule has 0 saturated carbocycles. The van der Waals surface area contributed by atoms with Gasteiger partial charge in [0, 0.05) is 12.3 Å². The van der Waals surface area contributed by atoms with E-state index in [9.17, 15) is 4.79 Å². The fraction of sp³-hybridized carbons (Fsp3) is 0.562. The van der Waals surface area contributed by atoms with Crippen molar-refractivity contribution in [2.24, 2.45) is 5.10 Å². The lowest BCUT2D eigenvalue weighted by Gasteiger charge is -2.12. The van der Waals surface area contributed by atoms with Gasteiger partial charge in [-0.3, -0.25) is 5.43 Å². The Morgan fingerprint density at radius 1 is 1.29 bits per heavy atom. The third kappa shape index (κ3) is 3.52. The number of hydrogen-bond donors (Lipinski definition) is 1. The maximum atomic E-state index is 12.5. The summed E-state index contributed by atoms with van der Waals surface area (Å²) in [5.41, 5.74) is 6.07. The molecule has 8 heteroatoms. The van der Waals surface area contributed by atoms with E-state index in [1.807, 2.05) is 27.7 Å². The third-order valence-electron chi connectivity index (χ3n) is 3.38. The van der Waals surface area contributed by atoms with Crippen LogP contribution in [0, 0.1) is 0 Å². The van der Waals surface area contributed by atoms with Gasteiger partial charge in [-0.05, 0) is 34.1 Å². The summed E-state index contributed by atoms with van der Waals surface area (Å²) in [4.78, 5) is 17.1. The van der Waals surface area contributed by atoms with E-state index in [0.29, 0.717) is 47.7 Å². The number of anilines is 1. The summed E-state index contributed by atoms with van der Waals surface area (Å²) in [7, 11) is 0. The molecule has 0 aromatic carbocycles. The van der Waals surface area contributed by atoms with Gasteiger partial charge in [0.05, 0.1) is 12.3 Å². The van der Waals surface area contributed by atoms with Crippen molar-refractivity contribution in [3.05, 3.63) is 11.3 Å². The Morgan fingerprint density at radius 2 is 2.04 bits per heavy atom. The number of nitrogens with zero attached hydrogens (tertiary/aromatic N) is 5. The molecule has 0 aliphatic carbocycles. The minimum atomic E-state index is -0.392. The normalized spacial score (nSPS) is 10.7. The largest absolute Gasteiger partial charge is 0.462 e. The first-order valence-electron chi connectivity index (χ1n) is 8.23. The number of aryl methyl sites for hydroxylation is 2. The highest BCUT2D eigenvalue weighted by molar-refractivity contribution is 6.05. The van der Waals surface area contributed by atoms with Gasteiger partial charge in [-0.15, -0.1) is 5.10 Å². The lowest BCUT2D eigenvalue weighted by molar-refractivity contribution is 0.0526. The van der Waals surface area contributed by atoms with Crippen molar-refractivity contribution in [3.63, 3.8) is 0 Å². The van der Waals surface area contributed by atoms with Gasteiger partial charge in [-0.2, -0.15) is 5.10 Å². The second kappa shape index (κ2) is 7.85. The van der Waals surface area contributed by atoms with Crippen molar-refractivity contribution >= 4 is 28.5 Å². The molecule has 0 saturated heterocycles. The van der Waals surface area contributed by atoms with Crippen molar-refractivity contribution < 1.29 is 9.53 Å². The van der Waals surface area contributed by atoms with Gasteiger partial charge in [-0.25, -0.2) is 14.5 Å². The van der Waals surface area contributed by atoms with Crippen molar-refractivity contribution in [1.29, 1.82) is 0 Å². The van der Waals surface area contributed by atoms with E-state index >= 15 is 0 Å². The van der Waals surface area contributed by atoms with Crippen LogP contribution in [-0.2, 0) is 17.7 Å². The van der Waals surface area contributed by atoms with Crippen LogP contribution in [-0.4, -0.2) is 38.3 Å². The van der Waals surface area contributed by atoms with Gasteiger partial charge in [0.25, 0.3) is 0 Å². The van der Waals surface area contributed by atoms with Crippen LogP contribution >= 0.6 is 0 Å². The zero-order valence-corrected chi connectivity index (χ0v) is 14.9. The predicted molar refractivity (Wildman–Crippen MR) is 93.4 cm³/mol. The number of aromatic nitrogens is 4. The standard InChI is InChI=1S/C16H24N6O2/c1-6-9-11-12(16(23)24-8-3)14-13(19-21-22(14)7-2)15(17-11)20-18-10(4)5/h6-9H2,1-5H3,(H,17,20). The Kier molecular flexibility index (Phi) is 5.83. The van der Waals surface area contributed by atoms with Gasteiger partial charge < -0.3 is 4.74 Å². The predicted octanol–water partition coefficient (Wildman–Crippen LogP) is 2.78. The molecule has 0 aliphatic heterocycles. The van der Waals surface area contributed by atoms with Crippen molar-refractivity contribution in [1.82, 2.24) is 20.0 Å². The SMILES string of the molecule is CCCc1nc(NN=C(C)C)c2nnn(CC)c2c1C(=O)OCC. The summed E-state index contributed by atoms with van der Waals surface area (Å²) in [5.74, 6) is 0.111. The number of fused-ring (bicyclic) bond motifs is 1. The zero-order chi connectivity index (χ0) is 17.7. The Labute approximate surface area is 141 Å². The van der Waals surface area contributed by atoms with Crippen LogP contribution in [0.5, 0.6) is 0 Å². The van der Waals surface area contributed by atoms with E-state index in [2.05, 4.69) is 25.8 Å². The van der Waals surface area contributed by atoms with Gasteiger partial charge in [0.15, 0.2) is 11.3 Å². The lowest BCUT2D eigenvalue weighted by Crippen LogP contribution is -2.14. The summed E-state index contributed by atoms with van der Waals surface area (Å²) < 4.78 is 6.92. The molecule has 2 aromatic rings. The molecular weight excluding hydrogens is 308 g/mol. The van der Waals surface area contributed by atoms with E-state index in [1.165, 1.54) is 0 Å². The first-order valence-corrected chi connectivity index (χ1v) is 8.23. The summed E-state index contributed by atoms with van der Waals surface area (Å²) in [6.07, 6.45) is 1.51. The first-order chi connectivity index (χ1) is 11.5. The molecule has 0 unspecified atom stereocenters. The Morgan fingerprint density at radius 3 is 2.62 bits per heavy atom. The number of rotatable bonds is 7. The molecular formula is C16H24N6O2. The molecule has 2 aromatic heterocycles. The zero-order valence-electron chi connectivity index (χ0n) is 14.9. The Bertz CT molecular complexity index is 762. The molecule has 0 spiro atoms. The summed E-state index contributed by atoms with van der Waals surface area (Å²) in [6, 6.07) is 0. The van der Waals surface area contributed by atoms with Crippen LogP contribution < -0.4 is 5.43 Å². The third-order valence-corrected chi connectivity index (χ3v) is 3.38.